The van der Waals surface area contributed by atoms with E-state index in [0.29, 0.717) is 11.8 Å². The number of amides is 2. The summed E-state index contributed by atoms with van der Waals surface area (Å²) in [5.41, 5.74) is 1.39. The fraction of sp³-hybridized carbons (Fsp3) is 0.778. The summed E-state index contributed by atoms with van der Waals surface area (Å²) in [7, 11) is 0. The lowest BCUT2D eigenvalue weighted by atomic mass is 9.92. The van der Waals surface area contributed by atoms with E-state index in [4.69, 9.17) is 0 Å². The second kappa shape index (κ2) is 6.84. The molecule has 2 amide bonds. The minimum absolute atomic E-state index is 0.0786. The highest BCUT2D eigenvalue weighted by Crippen LogP contribution is 2.32. The van der Waals surface area contributed by atoms with Gasteiger partial charge in [-0.3, -0.25) is 9.59 Å². The van der Waals surface area contributed by atoms with E-state index in [0.717, 1.165) is 51.6 Å². The van der Waals surface area contributed by atoms with Crippen molar-refractivity contribution in [3.8, 4) is 0 Å². The van der Waals surface area contributed by atoms with Gasteiger partial charge in [0.25, 0.3) is 0 Å². The van der Waals surface area contributed by atoms with Crippen molar-refractivity contribution in [2.75, 3.05) is 13.1 Å². The minimum Gasteiger partial charge on any atom is -0.350 e. The summed E-state index contributed by atoms with van der Waals surface area (Å²) < 4.78 is 0. The Hall–Kier alpha value is -1.32. The number of rotatable bonds is 4. The molecule has 2 fully saturated rings. The second-order valence-corrected chi connectivity index (χ2v) is 7.13. The molecule has 3 aliphatic rings. The van der Waals surface area contributed by atoms with E-state index in [9.17, 15) is 9.59 Å². The molecule has 0 aromatic carbocycles. The van der Waals surface area contributed by atoms with Crippen LogP contribution in [0.3, 0.4) is 0 Å². The smallest absolute Gasteiger partial charge is 0.225 e. The van der Waals surface area contributed by atoms with Crippen LogP contribution in [-0.4, -0.2) is 35.8 Å². The first-order chi connectivity index (χ1) is 10.6. The highest BCUT2D eigenvalue weighted by Gasteiger charge is 2.36. The fourth-order valence-electron chi connectivity index (χ4n) is 3.63. The van der Waals surface area contributed by atoms with Crippen molar-refractivity contribution in [2.24, 2.45) is 11.8 Å². The van der Waals surface area contributed by atoms with Gasteiger partial charge in [0.1, 0.15) is 0 Å². The number of nitrogens with zero attached hydrogens (tertiary/aromatic N) is 1. The number of carbonyl (C=O) groups is 2. The zero-order chi connectivity index (χ0) is 15.5. The maximum absolute atomic E-state index is 12.4. The standard InChI is InChI=1S/C18H28N2O2/c1-13(14-5-3-2-4-6-14)19-17(21)15-9-11-20(12-10-15)18(22)16-7-8-16/h5,13,15-16H,2-4,6-12H2,1H3,(H,19,21). The van der Waals surface area contributed by atoms with Crippen LogP contribution in [0.25, 0.3) is 0 Å². The first-order valence-electron chi connectivity index (χ1n) is 8.93. The highest BCUT2D eigenvalue weighted by molar-refractivity contribution is 5.82. The van der Waals surface area contributed by atoms with E-state index >= 15 is 0 Å². The van der Waals surface area contributed by atoms with Gasteiger partial charge in [-0.25, -0.2) is 0 Å². The van der Waals surface area contributed by atoms with Crippen LogP contribution in [0.15, 0.2) is 11.6 Å². The summed E-state index contributed by atoms with van der Waals surface area (Å²) in [6.07, 6.45) is 10.8. The molecule has 1 N–H and O–H groups in total. The molecule has 3 rings (SSSR count). The lowest BCUT2D eigenvalue weighted by Crippen LogP contribution is -2.45. The predicted molar refractivity (Wildman–Crippen MR) is 86.2 cm³/mol. The first kappa shape index (κ1) is 15.6. The zero-order valence-electron chi connectivity index (χ0n) is 13.6. The summed E-state index contributed by atoms with van der Waals surface area (Å²) >= 11 is 0. The molecule has 0 bridgehead atoms. The number of piperidine rings is 1. The van der Waals surface area contributed by atoms with E-state index in [1.165, 1.54) is 18.4 Å². The number of likely N-dealkylation sites (tertiary alicyclic amines) is 1. The monoisotopic (exact) mass is 304 g/mol. The van der Waals surface area contributed by atoms with Crippen molar-refractivity contribution in [3.63, 3.8) is 0 Å². The Kier molecular flexibility index (Phi) is 4.84. The highest BCUT2D eigenvalue weighted by atomic mass is 16.2. The predicted octanol–water partition coefficient (Wildman–Crippen LogP) is 2.64. The third kappa shape index (κ3) is 3.71. The number of nitrogens with one attached hydrogen (secondary N) is 1. The minimum atomic E-state index is 0.0786. The Labute approximate surface area is 133 Å². The summed E-state index contributed by atoms with van der Waals surface area (Å²) in [5.74, 6) is 0.871. The van der Waals surface area contributed by atoms with Crippen LogP contribution < -0.4 is 5.32 Å². The Morgan fingerprint density at radius 1 is 1.14 bits per heavy atom. The maximum Gasteiger partial charge on any atom is 0.225 e. The molecule has 122 valence electrons. The molecular weight excluding hydrogens is 276 g/mol. The van der Waals surface area contributed by atoms with Crippen LogP contribution in [0.5, 0.6) is 0 Å². The molecule has 1 heterocycles. The van der Waals surface area contributed by atoms with Gasteiger partial charge in [-0.05, 0) is 58.3 Å². The van der Waals surface area contributed by atoms with Crippen LogP contribution >= 0.6 is 0 Å². The van der Waals surface area contributed by atoms with Crippen molar-refractivity contribution in [1.82, 2.24) is 10.2 Å². The average Bonchev–Trinajstić information content (AvgIpc) is 3.40. The van der Waals surface area contributed by atoms with Crippen LogP contribution in [0.1, 0.15) is 58.3 Å². The third-order valence-electron chi connectivity index (χ3n) is 5.35. The maximum atomic E-state index is 12.4. The Morgan fingerprint density at radius 2 is 1.86 bits per heavy atom. The lowest BCUT2D eigenvalue weighted by Gasteiger charge is -2.32. The van der Waals surface area contributed by atoms with E-state index in [-0.39, 0.29) is 17.9 Å². The molecule has 0 spiro atoms. The number of carbonyl (C=O) groups excluding carboxylic acids is 2. The summed E-state index contributed by atoms with van der Waals surface area (Å²) in [4.78, 5) is 26.4. The zero-order valence-corrected chi connectivity index (χ0v) is 13.6. The van der Waals surface area contributed by atoms with Crippen molar-refractivity contribution in [1.29, 1.82) is 0 Å². The van der Waals surface area contributed by atoms with Gasteiger partial charge in [0.05, 0.1) is 0 Å². The van der Waals surface area contributed by atoms with Gasteiger partial charge in [0, 0.05) is 31.0 Å². The van der Waals surface area contributed by atoms with Crippen LogP contribution in [0, 0.1) is 11.8 Å². The van der Waals surface area contributed by atoms with Crippen molar-refractivity contribution < 1.29 is 9.59 Å². The topological polar surface area (TPSA) is 49.4 Å². The molecule has 1 atom stereocenters. The van der Waals surface area contributed by atoms with E-state index in [1.54, 1.807) is 0 Å². The number of allylic oxidation sites excluding steroid dienone is 1. The normalized spacial score (nSPS) is 24.6. The molecule has 2 aliphatic carbocycles. The molecule has 4 heteroatoms. The average molecular weight is 304 g/mol. The van der Waals surface area contributed by atoms with Gasteiger partial charge in [-0.1, -0.05) is 11.6 Å². The van der Waals surface area contributed by atoms with Crippen molar-refractivity contribution in [3.05, 3.63) is 11.6 Å². The first-order valence-corrected chi connectivity index (χ1v) is 8.93. The van der Waals surface area contributed by atoms with Gasteiger partial charge < -0.3 is 10.2 Å². The molecule has 0 aromatic heterocycles. The SMILES string of the molecule is CC(NC(=O)C1CCN(C(=O)C2CC2)CC1)C1=CCCCC1. The van der Waals surface area contributed by atoms with Gasteiger partial charge in [-0.15, -0.1) is 0 Å². The second-order valence-electron chi connectivity index (χ2n) is 7.13. The molecule has 0 radical (unpaired) electrons. The van der Waals surface area contributed by atoms with Crippen LogP contribution in [0.2, 0.25) is 0 Å². The van der Waals surface area contributed by atoms with Crippen LogP contribution in [0.4, 0.5) is 0 Å². The van der Waals surface area contributed by atoms with E-state index < -0.39 is 0 Å². The molecule has 4 nitrogen and oxygen atoms in total. The quantitative estimate of drug-likeness (QED) is 0.812. The Bertz CT molecular complexity index is 460. The number of hydrogen-bond acceptors (Lipinski definition) is 2. The molecule has 1 saturated heterocycles. The fourth-order valence-corrected chi connectivity index (χ4v) is 3.63. The summed E-state index contributed by atoms with van der Waals surface area (Å²) in [6.45, 7) is 3.61. The summed E-state index contributed by atoms with van der Waals surface area (Å²) in [6, 6.07) is 0.166. The summed E-state index contributed by atoms with van der Waals surface area (Å²) in [5, 5.41) is 3.19. The van der Waals surface area contributed by atoms with Crippen molar-refractivity contribution in [2.45, 2.75) is 64.3 Å². The van der Waals surface area contributed by atoms with Gasteiger partial charge in [0.15, 0.2) is 0 Å². The molecule has 22 heavy (non-hydrogen) atoms. The third-order valence-corrected chi connectivity index (χ3v) is 5.35. The molecular formula is C18H28N2O2. The Balaban J connectivity index is 1.45. The molecule has 1 aliphatic heterocycles. The van der Waals surface area contributed by atoms with Gasteiger partial charge in [-0.2, -0.15) is 0 Å². The van der Waals surface area contributed by atoms with E-state index in [1.807, 2.05) is 4.90 Å². The number of hydrogen-bond donors (Lipinski definition) is 1. The molecule has 1 saturated carbocycles. The largest absolute Gasteiger partial charge is 0.350 e. The van der Waals surface area contributed by atoms with Gasteiger partial charge >= 0.3 is 0 Å². The lowest BCUT2D eigenvalue weighted by molar-refractivity contribution is -0.136. The molecule has 0 aromatic rings. The van der Waals surface area contributed by atoms with E-state index in [2.05, 4.69) is 18.3 Å². The Morgan fingerprint density at radius 3 is 2.45 bits per heavy atom. The van der Waals surface area contributed by atoms with Crippen molar-refractivity contribution >= 4 is 11.8 Å². The molecule has 1 unspecified atom stereocenters. The van der Waals surface area contributed by atoms with Crippen LogP contribution in [-0.2, 0) is 9.59 Å². The van der Waals surface area contributed by atoms with Gasteiger partial charge in [0.2, 0.25) is 11.8 Å².